The fraction of sp³-hybridized carbons (Fsp3) is 0.333. The van der Waals surface area contributed by atoms with E-state index < -0.39 is 0 Å². The first-order chi connectivity index (χ1) is 9.13. The van der Waals surface area contributed by atoms with Gasteiger partial charge in [-0.05, 0) is 25.0 Å². The summed E-state index contributed by atoms with van der Waals surface area (Å²) in [6.45, 7) is 7.27. The van der Waals surface area contributed by atoms with E-state index in [9.17, 15) is 0 Å². The van der Waals surface area contributed by atoms with Crippen LogP contribution in [0.15, 0.2) is 35.1 Å². The lowest BCUT2D eigenvalue weighted by Gasteiger charge is -2.16. The summed E-state index contributed by atoms with van der Waals surface area (Å²) < 4.78 is 1.07. The Balaban J connectivity index is 2.55. The molecule has 3 nitrogen and oxygen atoms in total. The normalized spacial score (nSPS) is 10.8. The molecule has 1 heterocycles. The van der Waals surface area contributed by atoms with Gasteiger partial charge in [0.2, 0.25) is 0 Å². The zero-order valence-electron chi connectivity index (χ0n) is 11.4. The molecule has 2 aromatic rings. The second kappa shape index (κ2) is 6.15. The summed E-state index contributed by atoms with van der Waals surface area (Å²) in [6.07, 6.45) is 1.63. The molecular formula is C15H18BrN3. The highest BCUT2D eigenvalue weighted by molar-refractivity contribution is 9.10. The Labute approximate surface area is 122 Å². The third-order valence-electron chi connectivity index (χ3n) is 2.92. The zero-order chi connectivity index (χ0) is 13.8. The van der Waals surface area contributed by atoms with Crippen LogP contribution in [-0.4, -0.2) is 16.5 Å². The molecule has 1 aromatic carbocycles. The van der Waals surface area contributed by atoms with Crippen LogP contribution in [-0.2, 0) is 0 Å². The fourth-order valence-corrected chi connectivity index (χ4v) is 2.35. The standard InChI is InChI=1S/C15H18BrN3/c1-4-17-15-13(10(2)3)14(18-9-19-15)11-5-7-12(16)8-6-11/h5-10H,4H2,1-3H3,(H,17,18,19). The molecule has 4 heteroatoms. The van der Waals surface area contributed by atoms with E-state index in [4.69, 9.17) is 0 Å². The minimum atomic E-state index is 0.369. The quantitative estimate of drug-likeness (QED) is 0.904. The molecule has 2 rings (SSSR count). The molecule has 0 aliphatic rings. The van der Waals surface area contributed by atoms with Crippen LogP contribution in [0, 0.1) is 0 Å². The van der Waals surface area contributed by atoms with Gasteiger partial charge in [-0.25, -0.2) is 9.97 Å². The largest absolute Gasteiger partial charge is 0.370 e. The lowest BCUT2D eigenvalue weighted by Crippen LogP contribution is -2.07. The first kappa shape index (κ1) is 14.0. The topological polar surface area (TPSA) is 37.8 Å². The molecule has 1 N–H and O–H groups in total. The summed E-state index contributed by atoms with van der Waals surface area (Å²) in [5.41, 5.74) is 3.30. The van der Waals surface area contributed by atoms with Gasteiger partial charge in [-0.3, -0.25) is 0 Å². The molecule has 0 amide bonds. The van der Waals surface area contributed by atoms with E-state index in [0.717, 1.165) is 28.1 Å². The smallest absolute Gasteiger partial charge is 0.133 e. The first-order valence-corrected chi connectivity index (χ1v) is 7.27. The third-order valence-corrected chi connectivity index (χ3v) is 3.45. The minimum absolute atomic E-state index is 0.369. The van der Waals surface area contributed by atoms with E-state index in [1.54, 1.807) is 6.33 Å². The second-order valence-corrected chi connectivity index (χ2v) is 5.59. The average Bonchev–Trinajstić information content (AvgIpc) is 2.39. The van der Waals surface area contributed by atoms with Crippen molar-refractivity contribution in [3.63, 3.8) is 0 Å². The number of benzene rings is 1. The molecule has 100 valence electrons. The Morgan fingerprint density at radius 2 is 1.84 bits per heavy atom. The van der Waals surface area contributed by atoms with E-state index in [1.807, 2.05) is 12.1 Å². The summed E-state index contributed by atoms with van der Waals surface area (Å²) in [6, 6.07) is 8.23. The number of nitrogens with zero attached hydrogens (tertiary/aromatic N) is 2. The van der Waals surface area contributed by atoms with Gasteiger partial charge in [-0.2, -0.15) is 0 Å². The van der Waals surface area contributed by atoms with Crippen molar-refractivity contribution in [1.82, 2.24) is 9.97 Å². The van der Waals surface area contributed by atoms with Crippen molar-refractivity contribution in [2.24, 2.45) is 0 Å². The molecule has 0 saturated heterocycles. The molecule has 0 saturated carbocycles. The van der Waals surface area contributed by atoms with Crippen LogP contribution in [0.5, 0.6) is 0 Å². The van der Waals surface area contributed by atoms with E-state index in [2.05, 4.69) is 64.1 Å². The number of nitrogens with one attached hydrogen (secondary N) is 1. The van der Waals surface area contributed by atoms with Crippen LogP contribution >= 0.6 is 15.9 Å². The molecule has 0 aliphatic carbocycles. The van der Waals surface area contributed by atoms with Crippen LogP contribution in [0.25, 0.3) is 11.3 Å². The molecule has 1 aromatic heterocycles. The zero-order valence-corrected chi connectivity index (χ0v) is 13.0. The molecule has 0 fully saturated rings. The molecule has 0 unspecified atom stereocenters. The molecule has 0 spiro atoms. The number of hydrogen-bond donors (Lipinski definition) is 1. The van der Waals surface area contributed by atoms with E-state index in [-0.39, 0.29) is 0 Å². The van der Waals surface area contributed by atoms with Crippen LogP contribution in [0.2, 0.25) is 0 Å². The lowest BCUT2D eigenvalue weighted by molar-refractivity contribution is 0.849. The molecule has 0 radical (unpaired) electrons. The van der Waals surface area contributed by atoms with Crippen LogP contribution < -0.4 is 5.32 Å². The van der Waals surface area contributed by atoms with E-state index >= 15 is 0 Å². The highest BCUT2D eigenvalue weighted by Crippen LogP contribution is 2.32. The van der Waals surface area contributed by atoms with Gasteiger partial charge in [0, 0.05) is 22.1 Å². The van der Waals surface area contributed by atoms with Gasteiger partial charge in [0.25, 0.3) is 0 Å². The lowest BCUT2D eigenvalue weighted by atomic mass is 9.97. The summed E-state index contributed by atoms with van der Waals surface area (Å²) in [5, 5.41) is 3.32. The van der Waals surface area contributed by atoms with Gasteiger partial charge >= 0.3 is 0 Å². The van der Waals surface area contributed by atoms with Crippen molar-refractivity contribution in [3.05, 3.63) is 40.6 Å². The number of halogens is 1. The van der Waals surface area contributed by atoms with Crippen molar-refractivity contribution in [2.45, 2.75) is 26.7 Å². The number of aromatic nitrogens is 2. The Morgan fingerprint density at radius 1 is 1.16 bits per heavy atom. The van der Waals surface area contributed by atoms with Crippen molar-refractivity contribution in [2.75, 3.05) is 11.9 Å². The molecule has 0 aliphatic heterocycles. The van der Waals surface area contributed by atoms with Gasteiger partial charge in [-0.1, -0.05) is 41.9 Å². The molecular weight excluding hydrogens is 302 g/mol. The van der Waals surface area contributed by atoms with Gasteiger partial charge in [0.1, 0.15) is 12.1 Å². The van der Waals surface area contributed by atoms with Crippen LogP contribution in [0.3, 0.4) is 0 Å². The average molecular weight is 320 g/mol. The highest BCUT2D eigenvalue weighted by Gasteiger charge is 2.15. The molecule has 0 bridgehead atoms. The Bertz CT molecular complexity index is 550. The predicted octanol–water partition coefficient (Wildman–Crippen LogP) is 4.46. The van der Waals surface area contributed by atoms with Gasteiger partial charge in [-0.15, -0.1) is 0 Å². The van der Waals surface area contributed by atoms with Crippen molar-refractivity contribution < 1.29 is 0 Å². The Kier molecular flexibility index (Phi) is 4.53. The first-order valence-electron chi connectivity index (χ1n) is 6.48. The maximum atomic E-state index is 4.48. The maximum Gasteiger partial charge on any atom is 0.133 e. The SMILES string of the molecule is CCNc1ncnc(-c2ccc(Br)cc2)c1C(C)C. The summed E-state index contributed by atoms with van der Waals surface area (Å²) in [5.74, 6) is 1.30. The van der Waals surface area contributed by atoms with Crippen LogP contribution in [0.1, 0.15) is 32.3 Å². The van der Waals surface area contributed by atoms with Crippen LogP contribution in [0.4, 0.5) is 5.82 Å². The predicted molar refractivity (Wildman–Crippen MR) is 83.4 cm³/mol. The van der Waals surface area contributed by atoms with Crippen molar-refractivity contribution in [1.29, 1.82) is 0 Å². The van der Waals surface area contributed by atoms with E-state index in [1.165, 1.54) is 5.56 Å². The van der Waals surface area contributed by atoms with Crippen molar-refractivity contribution >= 4 is 21.7 Å². The third kappa shape index (κ3) is 3.13. The van der Waals surface area contributed by atoms with Gasteiger partial charge in [0.15, 0.2) is 0 Å². The number of rotatable bonds is 4. The highest BCUT2D eigenvalue weighted by atomic mass is 79.9. The summed E-state index contributed by atoms with van der Waals surface area (Å²) in [4.78, 5) is 8.84. The molecule has 0 atom stereocenters. The summed E-state index contributed by atoms with van der Waals surface area (Å²) >= 11 is 3.46. The monoisotopic (exact) mass is 319 g/mol. The summed E-state index contributed by atoms with van der Waals surface area (Å²) in [7, 11) is 0. The minimum Gasteiger partial charge on any atom is -0.370 e. The molecule has 19 heavy (non-hydrogen) atoms. The Morgan fingerprint density at radius 3 is 2.42 bits per heavy atom. The Hall–Kier alpha value is -1.42. The van der Waals surface area contributed by atoms with Gasteiger partial charge < -0.3 is 5.32 Å². The number of hydrogen-bond acceptors (Lipinski definition) is 3. The van der Waals surface area contributed by atoms with Gasteiger partial charge in [0.05, 0.1) is 5.69 Å². The maximum absolute atomic E-state index is 4.48. The fourth-order valence-electron chi connectivity index (χ4n) is 2.09. The van der Waals surface area contributed by atoms with E-state index in [0.29, 0.717) is 5.92 Å². The number of anilines is 1. The van der Waals surface area contributed by atoms with Crippen molar-refractivity contribution in [3.8, 4) is 11.3 Å². The second-order valence-electron chi connectivity index (χ2n) is 4.68.